The normalized spacial score (nSPS) is 19.4. The van der Waals surface area contributed by atoms with E-state index in [9.17, 15) is 0 Å². The summed E-state index contributed by atoms with van der Waals surface area (Å²) in [6.45, 7) is 5.59. The van der Waals surface area contributed by atoms with E-state index in [-0.39, 0.29) is 24.0 Å². The maximum absolute atomic E-state index is 5.16. The summed E-state index contributed by atoms with van der Waals surface area (Å²) in [4.78, 5) is 6.74. The SMILES string of the molecule is CN=C(NCCCOC)NCC1CCCN1CCOC.I. The van der Waals surface area contributed by atoms with E-state index in [0.717, 1.165) is 45.2 Å². The van der Waals surface area contributed by atoms with Crippen molar-refractivity contribution < 1.29 is 9.47 Å². The molecule has 21 heavy (non-hydrogen) atoms. The topological polar surface area (TPSA) is 58.1 Å². The Morgan fingerprint density at radius 2 is 2.00 bits per heavy atom. The lowest BCUT2D eigenvalue weighted by molar-refractivity contribution is 0.141. The summed E-state index contributed by atoms with van der Waals surface area (Å²) < 4.78 is 10.2. The first-order valence-corrected chi connectivity index (χ1v) is 7.48. The standard InChI is InChI=1S/C14H30N4O2.HI/c1-15-14(16-7-5-10-19-2)17-12-13-6-4-8-18(13)9-11-20-3;/h13H,4-12H2,1-3H3,(H2,15,16,17);1H. The molecule has 0 amide bonds. The fourth-order valence-corrected chi connectivity index (χ4v) is 2.49. The first kappa shape index (κ1) is 20.9. The summed E-state index contributed by atoms with van der Waals surface area (Å²) in [5.74, 6) is 0.875. The Balaban J connectivity index is 0.00000400. The second-order valence-corrected chi connectivity index (χ2v) is 5.05. The highest BCUT2D eigenvalue weighted by Gasteiger charge is 2.23. The molecular weight excluding hydrogens is 383 g/mol. The predicted molar refractivity (Wildman–Crippen MR) is 97.7 cm³/mol. The molecule has 1 fully saturated rings. The number of nitrogens with one attached hydrogen (secondary N) is 2. The fourth-order valence-electron chi connectivity index (χ4n) is 2.49. The molecule has 1 rings (SSSR count). The van der Waals surface area contributed by atoms with Crippen LogP contribution in [0, 0.1) is 0 Å². The van der Waals surface area contributed by atoms with Gasteiger partial charge in [-0.25, -0.2) is 0 Å². The van der Waals surface area contributed by atoms with Crippen molar-refractivity contribution in [2.24, 2.45) is 4.99 Å². The zero-order chi connectivity index (χ0) is 14.6. The van der Waals surface area contributed by atoms with Crippen LogP contribution in [0.3, 0.4) is 0 Å². The molecule has 0 aromatic carbocycles. The molecule has 7 heteroatoms. The van der Waals surface area contributed by atoms with E-state index in [1.165, 1.54) is 19.4 Å². The van der Waals surface area contributed by atoms with Gasteiger partial charge >= 0.3 is 0 Å². The molecule has 0 bridgehead atoms. The number of nitrogens with zero attached hydrogens (tertiary/aromatic N) is 2. The lowest BCUT2D eigenvalue weighted by Gasteiger charge is -2.25. The molecule has 0 spiro atoms. The predicted octanol–water partition coefficient (Wildman–Crippen LogP) is 0.917. The van der Waals surface area contributed by atoms with Gasteiger partial charge in [0.05, 0.1) is 6.61 Å². The zero-order valence-electron chi connectivity index (χ0n) is 13.6. The molecule has 0 aromatic heterocycles. The minimum Gasteiger partial charge on any atom is -0.385 e. The van der Waals surface area contributed by atoms with Gasteiger partial charge < -0.3 is 20.1 Å². The Morgan fingerprint density at radius 3 is 2.67 bits per heavy atom. The highest BCUT2D eigenvalue weighted by Crippen LogP contribution is 2.15. The smallest absolute Gasteiger partial charge is 0.191 e. The van der Waals surface area contributed by atoms with Crippen LogP contribution >= 0.6 is 24.0 Å². The van der Waals surface area contributed by atoms with Crippen LogP contribution in [0.2, 0.25) is 0 Å². The van der Waals surface area contributed by atoms with E-state index in [4.69, 9.17) is 9.47 Å². The van der Waals surface area contributed by atoms with Gasteiger partial charge in [-0.05, 0) is 25.8 Å². The third kappa shape index (κ3) is 8.80. The average molecular weight is 414 g/mol. The Morgan fingerprint density at radius 1 is 1.24 bits per heavy atom. The van der Waals surface area contributed by atoms with E-state index in [1.807, 2.05) is 7.05 Å². The van der Waals surface area contributed by atoms with Crippen molar-refractivity contribution in [3.05, 3.63) is 0 Å². The number of halogens is 1. The van der Waals surface area contributed by atoms with Gasteiger partial charge in [-0.3, -0.25) is 9.89 Å². The van der Waals surface area contributed by atoms with Crippen molar-refractivity contribution in [3.8, 4) is 0 Å². The summed E-state index contributed by atoms with van der Waals surface area (Å²) >= 11 is 0. The molecule has 1 heterocycles. The molecule has 1 aliphatic rings. The molecule has 126 valence electrons. The van der Waals surface area contributed by atoms with Crippen LogP contribution in [0.25, 0.3) is 0 Å². The van der Waals surface area contributed by atoms with Gasteiger partial charge in [0, 0.05) is 53.6 Å². The second-order valence-electron chi connectivity index (χ2n) is 5.05. The van der Waals surface area contributed by atoms with Gasteiger partial charge in [-0.15, -0.1) is 24.0 Å². The first-order valence-electron chi connectivity index (χ1n) is 7.48. The maximum Gasteiger partial charge on any atom is 0.191 e. The van der Waals surface area contributed by atoms with E-state index in [2.05, 4.69) is 20.5 Å². The molecule has 1 aliphatic heterocycles. The summed E-state index contributed by atoms with van der Waals surface area (Å²) in [6.07, 6.45) is 3.51. The van der Waals surface area contributed by atoms with E-state index in [1.54, 1.807) is 14.2 Å². The average Bonchev–Trinajstić information content (AvgIpc) is 2.92. The number of hydrogen-bond acceptors (Lipinski definition) is 4. The molecule has 1 saturated heterocycles. The van der Waals surface area contributed by atoms with Crippen LogP contribution in [-0.4, -0.2) is 77.6 Å². The molecule has 0 aromatic rings. The van der Waals surface area contributed by atoms with Crippen molar-refractivity contribution in [1.29, 1.82) is 0 Å². The second kappa shape index (κ2) is 13.5. The third-order valence-electron chi connectivity index (χ3n) is 3.63. The highest BCUT2D eigenvalue weighted by molar-refractivity contribution is 14.0. The zero-order valence-corrected chi connectivity index (χ0v) is 15.9. The number of rotatable bonds is 9. The van der Waals surface area contributed by atoms with Crippen LogP contribution in [0.15, 0.2) is 4.99 Å². The number of methoxy groups -OCH3 is 2. The number of likely N-dealkylation sites (tertiary alicyclic amines) is 1. The van der Waals surface area contributed by atoms with Gasteiger partial charge in [0.15, 0.2) is 5.96 Å². The number of ether oxygens (including phenoxy) is 2. The molecule has 0 saturated carbocycles. The molecule has 2 N–H and O–H groups in total. The minimum atomic E-state index is 0. The van der Waals surface area contributed by atoms with Gasteiger partial charge in [-0.1, -0.05) is 0 Å². The molecular formula is C14H31IN4O2. The van der Waals surface area contributed by atoms with Crippen LogP contribution in [0.5, 0.6) is 0 Å². The van der Waals surface area contributed by atoms with Crippen molar-refractivity contribution >= 4 is 29.9 Å². The van der Waals surface area contributed by atoms with Crippen LogP contribution in [0.4, 0.5) is 0 Å². The number of guanidine groups is 1. The van der Waals surface area contributed by atoms with Crippen molar-refractivity contribution in [3.63, 3.8) is 0 Å². The van der Waals surface area contributed by atoms with Crippen molar-refractivity contribution in [2.45, 2.75) is 25.3 Å². The Hall–Kier alpha value is -0.120. The molecule has 0 radical (unpaired) electrons. The van der Waals surface area contributed by atoms with Crippen LogP contribution in [0.1, 0.15) is 19.3 Å². The molecule has 1 atom stereocenters. The van der Waals surface area contributed by atoms with E-state index < -0.39 is 0 Å². The van der Waals surface area contributed by atoms with Gasteiger partial charge in [0.2, 0.25) is 0 Å². The number of aliphatic imine (C=N–C) groups is 1. The summed E-state index contributed by atoms with van der Waals surface area (Å²) in [7, 11) is 5.29. The molecule has 1 unspecified atom stereocenters. The Bertz CT molecular complexity index is 280. The van der Waals surface area contributed by atoms with Crippen LogP contribution < -0.4 is 10.6 Å². The largest absolute Gasteiger partial charge is 0.385 e. The summed E-state index contributed by atoms with van der Waals surface area (Å²) in [6, 6.07) is 0.586. The van der Waals surface area contributed by atoms with E-state index >= 15 is 0 Å². The van der Waals surface area contributed by atoms with Crippen molar-refractivity contribution in [1.82, 2.24) is 15.5 Å². The summed E-state index contributed by atoms with van der Waals surface area (Å²) in [5, 5.41) is 6.71. The van der Waals surface area contributed by atoms with Gasteiger partial charge in [-0.2, -0.15) is 0 Å². The third-order valence-corrected chi connectivity index (χ3v) is 3.63. The highest BCUT2D eigenvalue weighted by atomic mass is 127. The Kier molecular flexibility index (Phi) is 13.5. The Labute approximate surface area is 146 Å². The molecule has 6 nitrogen and oxygen atoms in total. The quantitative estimate of drug-likeness (QED) is 0.254. The lowest BCUT2D eigenvalue weighted by atomic mass is 10.2. The van der Waals surface area contributed by atoms with Gasteiger partial charge in [0.25, 0.3) is 0 Å². The van der Waals surface area contributed by atoms with Crippen molar-refractivity contribution in [2.75, 3.05) is 60.7 Å². The molecule has 0 aliphatic carbocycles. The first-order chi connectivity index (χ1) is 9.81. The van der Waals surface area contributed by atoms with Crippen LogP contribution in [-0.2, 0) is 9.47 Å². The van der Waals surface area contributed by atoms with Gasteiger partial charge in [0.1, 0.15) is 0 Å². The monoisotopic (exact) mass is 414 g/mol. The minimum absolute atomic E-state index is 0. The van der Waals surface area contributed by atoms with E-state index in [0.29, 0.717) is 6.04 Å². The summed E-state index contributed by atoms with van der Waals surface area (Å²) in [5.41, 5.74) is 0. The number of hydrogen-bond donors (Lipinski definition) is 2. The fraction of sp³-hybridized carbons (Fsp3) is 0.929. The lowest BCUT2D eigenvalue weighted by Crippen LogP contribution is -2.45. The maximum atomic E-state index is 5.16.